The molecule has 0 saturated carbocycles. The van der Waals surface area contributed by atoms with Gasteiger partial charge in [0, 0.05) is 18.4 Å². The van der Waals surface area contributed by atoms with Crippen LogP contribution in [0, 0.1) is 12.8 Å². The maximum atomic E-state index is 12.8. The van der Waals surface area contributed by atoms with E-state index in [2.05, 4.69) is 48.1 Å². The Bertz CT molecular complexity index is 762. The molecule has 1 amide bonds. The number of carbonyl (C=O) groups is 1. The van der Waals surface area contributed by atoms with Crippen molar-refractivity contribution in [2.24, 2.45) is 5.92 Å². The molecule has 0 spiro atoms. The number of hydrogen-bond acceptors (Lipinski definition) is 5. The van der Waals surface area contributed by atoms with E-state index in [1.54, 1.807) is 0 Å². The largest absolute Gasteiger partial charge is 0.347 e. The lowest BCUT2D eigenvalue weighted by Gasteiger charge is -2.23. The quantitative estimate of drug-likeness (QED) is 0.888. The van der Waals surface area contributed by atoms with E-state index in [9.17, 15) is 4.79 Å². The van der Waals surface area contributed by atoms with Crippen molar-refractivity contribution >= 4 is 17.2 Å². The number of fused-ring (bicyclic) bond motifs is 1. The number of thiazole rings is 1. The summed E-state index contributed by atoms with van der Waals surface area (Å²) in [5, 5.41) is 8.72. The number of aromatic nitrogens is 4. The van der Waals surface area contributed by atoms with E-state index in [4.69, 9.17) is 0 Å². The molecule has 0 saturated heterocycles. The molecule has 0 fully saturated rings. The summed E-state index contributed by atoms with van der Waals surface area (Å²) >= 11 is 1.49. The van der Waals surface area contributed by atoms with Gasteiger partial charge >= 0.3 is 0 Å². The molecule has 6 nitrogen and oxygen atoms in total. The van der Waals surface area contributed by atoms with Gasteiger partial charge in [0.05, 0.1) is 17.2 Å². The zero-order valence-electron chi connectivity index (χ0n) is 15.7. The Morgan fingerprint density at radius 2 is 2.08 bits per heavy atom. The Morgan fingerprint density at radius 3 is 2.76 bits per heavy atom. The third-order valence-corrected chi connectivity index (χ3v) is 5.35. The van der Waals surface area contributed by atoms with Gasteiger partial charge in [0.25, 0.3) is 5.91 Å². The lowest BCUT2D eigenvalue weighted by molar-refractivity contribution is 0.0929. The summed E-state index contributed by atoms with van der Waals surface area (Å²) in [6, 6.07) is 0.0935. The molecule has 1 aliphatic rings. The maximum absolute atomic E-state index is 12.8. The summed E-state index contributed by atoms with van der Waals surface area (Å²) in [6.07, 6.45) is 2.59. The van der Waals surface area contributed by atoms with Gasteiger partial charge in [-0.05, 0) is 25.7 Å². The van der Waals surface area contributed by atoms with Crippen LogP contribution in [0.5, 0.6) is 0 Å². The summed E-state index contributed by atoms with van der Waals surface area (Å²) < 4.78 is 1.96. The molecule has 136 valence electrons. The van der Waals surface area contributed by atoms with Crippen molar-refractivity contribution in [2.45, 2.75) is 72.4 Å². The molecule has 0 aromatic carbocycles. The molecule has 1 N–H and O–H groups in total. The van der Waals surface area contributed by atoms with Gasteiger partial charge in [-0.3, -0.25) is 4.79 Å². The lowest BCUT2D eigenvalue weighted by Crippen LogP contribution is -2.41. The molecule has 0 aliphatic carbocycles. The number of nitrogens with one attached hydrogen (secondary N) is 1. The van der Waals surface area contributed by atoms with Crippen LogP contribution in [-0.2, 0) is 19.4 Å². The Kier molecular flexibility index (Phi) is 5.22. The maximum Gasteiger partial charge on any atom is 0.263 e. The van der Waals surface area contributed by atoms with Crippen molar-refractivity contribution in [1.29, 1.82) is 0 Å². The molecule has 1 atom stereocenters. The standard InChI is InChI=1S/C18H27N5OS/c1-10(2)8-14-16(25-12(5)19-14)18(24)20-13-6-7-15-21-17(11(3)4)22-23(15)9-13/h10-11,13H,6-9H2,1-5H3,(H,20,24). The van der Waals surface area contributed by atoms with Crippen molar-refractivity contribution in [3.8, 4) is 0 Å². The Balaban J connectivity index is 1.70. The molecule has 1 unspecified atom stereocenters. The van der Waals surface area contributed by atoms with Crippen molar-refractivity contribution in [2.75, 3.05) is 0 Å². The molecule has 25 heavy (non-hydrogen) atoms. The monoisotopic (exact) mass is 361 g/mol. The average Bonchev–Trinajstić information content (AvgIpc) is 3.09. The highest BCUT2D eigenvalue weighted by Gasteiger charge is 2.26. The SMILES string of the molecule is Cc1nc(CC(C)C)c(C(=O)NC2CCc3nc(C(C)C)nn3C2)s1. The first-order valence-electron chi connectivity index (χ1n) is 9.04. The molecule has 3 rings (SSSR count). The predicted octanol–water partition coefficient (Wildman–Crippen LogP) is 3.11. The van der Waals surface area contributed by atoms with E-state index in [1.165, 1.54) is 11.3 Å². The Labute approximate surface area is 153 Å². The van der Waals surface area contributed by atoms with E-state index in [0.717, 1.165) is 46.5 Å². The third-order valence-electron chi connectivity index (χ3n) is 4.34. The van der Waals surface area contributed by atoms with Crippen molar-refractivity contribution in [3.05, 3.63) is 27.2 Å². The minimum Gasteiger partial charge on any atom is -0.347 e. The highest BCUT2D eigenvalue weighted by Crippen LogP contribution is 2.22. The zero-order valence-corrected chi connectivity index (χ0v) is 16.5. The van der Waals surface area contributed by atoms with Crippen molar-refractivity contribution in [3.63, 3.8) is 0 Å². The van der Waals surface area contributed by atoms with Crippen LogP contribution >= 0.6 is 11.3 Å². The number of carbonyl (C=O) groups excluding carboxylic acids is 1. The summed E-state index contributed by atoms with van der Waals surface area (Å²) in [5.74, 6) is 2.72. The number of hydrogen-bond donors (Lipinski definition) is 1. The third kappa shape index (κ3) is 4.08. The van der Waals surface area contributed by atoms with E-state index in [-0.39, 0.29) is 11.9 Å². The molecule has 3 heterocycles. The molecule has 7 heteroatoms. The average molecular weight is 362 g/mol. The molecule has 1 aliphatic heterocycles. The Hall–Kier alpha value is -1.76. The molecular formula is C18H27N5OS. The van der Waals surface area contributed by atoms with E-state index >= 15 is 0 Å². The number of amides is 1. The Morgan fingerprint density at radius 1 is 1.32 bits per heavy atom. The summed E-state index contributed by atoms with van der Waals surface area (Å²) in [7, 11) is 0. The second kappa shape index (κ2) is 7.23. The van der Waals surface area contributed by atoms with Crippen LogP contribution in [0.2, 0.25) is 0 Å². The minimum absolute atomic E-state index is 0.00102. The van der Waals surface area contributed by atoms with Crippen LogP contribution in [0.3, 0.4) is 0 Å². The fourth-order valence-corrected chi connectivity index (χ4v) is 3.96. The fourth-order valence-electron chi connectivity index (χ4n) is 3.11. The predicted molar refractivity (Wildman–Crippen MR) is 99.1 cm³/mol. The van der Waals surface area contributed by atoms with E-state index in [1.807, 2.05) is 11.6 Å². The number of aryl methyl sites for hydroxylation is 2. The van der Waals surface area contributed by atoms with Gasteiger partial charge < -0.3 is 5.32 Å². The van der Waals surface area contributed by atoms with E-state index < -0.39 is 0 Å². The normalized spacial score (nSPS) is 17.2. The first-order valence-corrected chi connectivity index (χ1v) is 9.86. The van der Waals surface area contributed by atoms with Crippen LogP contribution < -0.4 is 5.32 Å². The minimum atomic E-state index is -0.00102. The van der Waals surface area contributed by atoms with Gasteiger partial charge in [-0.25, -0.2) is 14.6 Å². The second-order valence-electron chi connectivity index (χ2n) is 7.54. The van der Waals surface area contributed by atoms with Gasteiger partial charge in [-0.1, -0.05) is 27.7 Å². The molecule has 0 bridgehead atoms. The highest BCUT2D eigenvalue weighted by molar-refractivity contribution is 7.13. The van der Waals surface area contributed by atoms with E-state index in [0.29, 0.717) is 18.4 Å². The van der Waals surface area contributed by atoms with Crippen LogP contribution in [0.25, 0.3) is 0 Å². The summed E-state index contributed by atoms with van der Waals surface area (Å²) in [4.78, 5) is 22.7. The van der Waals surface area contributed by atoms with Crippen LogP contribution in [-0.4, -0.2) is 31.7 Å². The van der Waals surface area contributed by atoms with Crippen LogP contribution in [0.4, 0.5) is 0 Å². The zero-order chi connectivity index (χ0) is 18.1. The second-order valence-corrected chi connectivity index (χ2v) is 8.74. The molecule has 2 aromatic rings. The fraction of sp³-hybridized carbons (Fsp3) is 0.667. The van der Waals surface area contributed by atoms with Gasteiger partial charge in [-0.15, -0.1) is 11.3 Å². The van der Waals surface area contributed by atoms with Gasteiger partial charge in [0.2, 0.25) is 0 Å². The smallest absolute Gasteiger partial charge is 0.263 e. The van der Waals surface area contributed by atoms with Gasteiger partial charge in [0.15, 0.2) is 5.82 Å². The highest BCUT2D eigenvalue weighted by atomic mass is 32.1. The molecular weight excluding hydrogens is 334 g/mol. The lowest BCUT2D eigenvalue weighted by atomic mass is 10.1. The van der Waals surface area contributed by atoms with Gasteiger partial charge in [0.1, 0.15) is 10.7 Å². The van der Waals surface area contributed by atoms with Crippen LogP contribution in [0.15, 0.2) is 0 Å². The van der Waals surface area contributed by atoms with Crippen molar-refractivity contribution < 1.29 is 4.79 Å². The van der Waals surface area contributed by atoms with Gasteiger partial charge in [-0.2, -0.15) is 5.10 Å². The number of rotatable bonds is 5. The first-order chi connectivity index (χ1) is 11.8. The first kappa shape index (κ1) is 18.0. The number of nitrogens with zero attached hydrogens (tertiary/aromatic N) is 4. The topological polar surface area (TPSA) is 72.7 Å². The van der Waals surface area contributed by atoms with Crippen molar-refractivity contribution in [1.82, 2.24) is 25.1 Å². The summed E-state index contributed by atoms with van der Waals surface area (Å²) in [6.45, 7) is 11.1. The van der Waals surface area contributed by atoms with Crippen LogP contribution in [0.1, 0.15) is 72.1 Å². The molecule has 0 radical (unpaired) electrons. The molecule has 2 aromatic heterocycles. The summed E-state index contributed by atoms with van der Waals surface area (Å²) in [5.41, 5.74) is 0.925.